The molecular formula is C12H23N3O6S2. The van der Waals surface area contributed by atoms with Crippen LogP contribution in [0.25, 0.3) is 0 Å². The maximum atomic E-state index is 11.7. The molecule has 0 rings (SSSR count). The van der Waals surface area contributed by atoms with Crippen LogP contribution in [0.15, 0.2) is 5.16 Å². The average molecular weight is 369 g/mol. The van der Waals surface area contributed by atoms with Gasteiger partial charge in [0.2, 0.25) is 0 Å². The monoisotopic (exact) mass is 369 g/mol. The molecule has 0 radical (unpaired) electrons. The topological polar surface area (TPSA) is 89.9 Å². The average Bonchev–Trinajstić information content (AvgIpc) is 2.54. The van der Waals surface area contributed by atoms with Gasteiger partial charge in [-0.3, -0.25) is 4.84 Å². The third-order valence-corrected chi connectivity index (χ3v) is 3.65. The Bertz CT molecular complexity index is 397. The fraction of sp³-hybridized carbons (Fsp3) is 0.750. The van der Waals surface area contributed by atoms with E-state index in [-0.39, 0.29) is 13.2 Å². The van der Waals surface area contributed by atoms with Gasteiger partial charge in [0.1, 0.15) is 11.7 Å². The zero-order valence-corrected chi connectivity index (χ0v) is 15.6. The molecule has 0 fully saturated rings. The van der Waals surface area contributed by atoms with E-state index in [9.17, 15) is 9.59 Å². The predicted octanol–water partition coefficient (Wildman–Crippen LogP) is 2.05. The number of methoxy groups -OCH3 is 1. The first-order valence-electron chi connectivity index (χ1n) is 6.60. The van der Waals surface area contributed by atoms with E-state index in [0.717, 1.165) is 20.7 Å². The molecule has 0 unspecified atom stereocenters. The minimum atomic E-state index is -0.703. The van der Waals surface area contributed by atoms with Gasteiger partial charge in [-0.25, -0.2) is 18.2 Å². The summed E-state index contributed by atoms with van der Waals surface area (Å²) in [6, 6.07) is 0. The second-order valence-corrected chi connectivity index (χ2v) is 6.23. The van der Waals surface area contributed by atoms with Crippen molar-refractivity contribution in [3.8, 4) is 0 Å². The molecule has 0 saturated heterocycles. The third kappa shape index (κ3) is 11.1. The maximum Gasteiger partial charge on any atom is 0.447 e. The van der Waals surface area contributed by atoms with E-state index in [2.05, 4.69) is 5.16 Å². The summed E-state index contributed by atoms with van der Waals surface area (Å²) in [6.45, 7) is 3.01. The molecule has 0 spiro atoms. The lowest BCUT2D eigenvalue weighted by Gasteiger charge is -2.20. The standard InChI is InChI=1S/C12H23N3O6S2/c1-10(22-5)13-21-12(17)15(3)23-14(2)11(16)20-9-8-19-7-6-18-4/h6-9H2,1-5H3. The van der Waals surface area contributed by atoms with Crippen LogP contribution in [0, 0.1) is 0 Å². The normalized spacial score (nSPS) is 11.1. The fourth-order valence-electron chi connectivity index (χ4n) is 0.972. The molecule has 0 heterocycles. The van der Waals surface area contributed by atoms with Gasteiger partial charge in [0.05, 0.1) is 32.0 Å². The van der Waals surface area contributed by atoms with Crippen molar-refractivity contribution in [2.75, 3.05) is 53.9 Å². The van der Waals surface area contributed by atoms with E-state index < -0.39 is 12.2 Å². The highest BCUT2D eigenvalue weighted by Crippen LogP contribution is 2.14. The molecule has 0 aromatic carbocycles. The van der Waals surface area contributed by atoms with Crippen molar-refractivity contribution in [1.29, 1.82) is 0 Å². The van der Waals surface area contributed by atoms with E-state index in [4.69, 9.17) is 19.0 Å². The highest BCUT2D eigenvalue weighted by molar-refractivity contribution is 8.13. The highest BCUT2D eigenvalue weighted by atomic mass is 32.2. The molecule has 23 heavy (non-hydrogen) atoms. The van der Waals surface area contributed by atoms with Crippen LogP contribution in [-0.4, -0.2) is 79.7 Å². The van der Waals surface area contributed by atoms with Gasteiger partial charge in [0.15, 0.2) is 0 Å². The minimum Gasteiger partial charge on any atom is -0.446 e. The highest BCUT2D eigenvalue weighted by Gasteiger charge is 2.19. The summed E-state index contributed by atoms with van der Waals surface area (Å²) in [7, 11) is 4.50. The fourth-order valence-corrected chi connectivity index (χ4v) is 1.67. The van der Waals surface area contributed by atoms with Gasteiger partial charge >= 0.3 is 12.2 Å². The second kappa shape index (κ2) is 13.3. The first-order valence-corrected chi connectivity index (χ1v) is 8.56. The number of oxime groups is 1. The molecule has 0 bridgehead atoms. The lowest BCUT2D eigenvalue weighted by Crippen LogP contribution is -2.30. The van der Waals surface area contributed by atoms with E-state index in [1.165, 1.54) is 25.9 Å². The number of amides is 2. The molecule has 11 heteroatoms. The van der Waals surface area contributed by atoms with Crippen LogP contribution in [-0.2, 0) is 19.0 Å². The summed E-state index contributed by atoms with van der Waals surface area (Å²) in [5.41, 5.74) is 0. The number of hydrogen-bond acceptors (Lipinski definition) is 9. The lowest BCUT2D eigenvalue weighted by molar-refractivity contribution is 0.0394. The van der Waals surface area contributed by atoms with Gasteiger partial charge in [0, 0.05) is 21.2 Å². The van der Waals surface area contributed by atoms with Crippen molar-refractivity contribution in [3.05, 3.63) is 0 Å². The van der Waals surface area contributed by atoms with Crippen LogP contribution in [0.4, 0.5) is 9.59 Å². The van der Waals surface area contributed by atoms with Crippen LogP contribution in [0.2, 0.25) is 0 Å². The number of carbonyl (C=O) groups is 2. The van der Waals surface area contributed by atoms with Crippen LogP contribution < -0.4 is 0 Å². The number of ether oxygens (including phenoxy) is 3. The first kappa shape index (κ1) is 21.8. The Morgan fingerprint density at radius 3 is 2.26 bits per heavy atom. The molecule has 0 aliphatic carbocycles. The Kier molecular flexibility index (Phi) is 12.6. The molecule has 0 aromatic rings. The number of rotatable bonds is 9. The Hall–Kier alpha value is -1.17. The van der Waals surface area contributed by atoms with Crippen LogP contribution in [0.3, 0.4) is 0 Å². The zero-order valence-electron chi connectivity index (χ0n) is 13.9. The number of carbonyl (C=O) groups excluding carboxylic acids is 2. The maximum absolute atomic E-state index is 11.7. The van der Waals surface area contributed by atoms with Gasteiger partial charge in [-0.15, -0.1) is 11.8 Å². The van der Waals surface area contributed by atoms with Crippen molar-refractivity contribution in [2.45, 2.75) is 6.92 Å². The van der Waals surface area contributed by atoms with Crippen molar-refractivity contribution in [3.63, 3.8) is 0 Å². The van der Waals surface area contributed by atoms with E-state index in [1.807, 2.05) is 6.26 Å². The van der Waals surface area contributed by atoms with Crippen molar-refractivity contribution >= 4 is 41.1 Å². The van der Waals surface area contributed by atoms with Gasteiger partial charge < -0.3 is 14.2 Å². The quantitative estimate of drug-likeness (QED) is 0.152. The van der Waals surface area contributed by atoms with E-state index >= 15 is 0 Å². The van der Waals surface area contributed by atoms with Crippen molar-refractivity contribution in [2.24, 2.45) is 5.16 Å². The number of thioether (sulfide) groups is 1. The van der Waals surface area contributed by atoms with Crippen LogP contribution in [0.5, 0.6) is 0 Å². The number of nitrogens with zero attached hydrogens (tertiary/aromatic N) is 3. The summed E-state index contributed by atoms with van der Waals surface area (Å²) in [6.07, 6.45) is 0.508. The first-order chi connectivity index (χ1) is 10.9. The Morgan fingerprint density at radius 2 is 1.65 bits per heavy atom. The smallest absolute Gasteiger partial charge is 0.446 e. The summed E-state index contributed by atoms with van der Waals surface area (Å²) in [5.74, 6) is 0. The molecule has 0 N–H and O–H groups in total. The van der Waals surface area contributed by atoms with Gasteiger partial charge in [-0.1, -0.05) is 5.16 Å². The molecule has 134 valence electrons. The molecular weight excluding hydrogens is 346 g/mol. The zero-order chi connectivity index (χ0) is 17.7. The third-order valence-electron chi connectivity index (χ3n) is 2.19. The van der Waals surface area contributed by atoms with Crippen LogP contribution >= 0.6 is 23.9 Å². The Labute approximate surface area is 144 Å². The van der Waals surface area contributed by atoms with Gasteiger partial charge in [-0.2, -0.15) is 0 Å². The molecule has 0 saturated carbocycles. The SMILES string of the molecule is COCCOCCOC(=O)N(C)SN(C)C(=O)ON=C(C)SC. The largest absolute Gasteiger partial charge is 0.447 e. The molecule has 0 aromatic heterocycles. The summed E-state index contributed by atoms with van der Waals surface area (Å²) < 4.78 is 17.2. The summed E-state index contributed by atoms with van der Waals surface area (Å²) in [5, 5.41) is 4.22. The van der Waals surface area contributed by atoms with E-state index in [0.29, 0.717) is 18.3 Å². The van der Waals surface area contributed by atoms with Crippen molar-refractivity contribution in [1.82, 2.24) is 8.61 Å². The molecule has 2 amide bonds. The Morgan fingerprint density at radius 1 is 1.04 bits per heavy atom. The second-order valence-electron chi connectivity index (χ2n) is 3.97. The number of hydrogen-bond donors (Lipinski definition) is 0. The Balaban J connectivity index is 3.98. The van der Waals surface area contributed by atoms with E-state index in [1.54, 1.807) is 14.0 Å². The lowest BCUT2D eigenvalue weighted by atomic mass is 10.7. The van der Waals surface area contributed by atoms with Crippen LogP contribution in [0.1, 0.15) is 6.92 Å². The molecule has 0 aliphatic heterocycles. The van der Waals surface area contributed by atoms with Gasteiger partial charge in [-0.05, 0) is 13.2 Å². The van der Waals surface area contributed by atoms with Gasteiger partial charge in [0.25, 0.3) is 0 Å². The molecule has 9 nitrogen and oxygen atoms in total. The predicted molar refractivity (Wildman–Crippen MR) is 90.3 cm³/mol. The minimum absolute atomic E-state index is 0.110. The summed E-state index contributed by atoms with van der Waals surface area (Å²) in [4.78, 5) is 28.0. The molecule has 0 aliphatic rings. The molecule has 0 atom stereocenters. The van der Waals surface area contributed by atoms with Crippen molar-refractivity contribution < 1.29 is 28.6 Å². The summed E-state index contributed by atoms with van der Waals surface area (Å²) >= 11 is 2.18.